The van der Waals surface area contributed by atoms with Crippen molar-refractivity contribution in [2.24, 2.45) is 5.73 Å². The number of aryl methyl sites for hydroxylation is 1. The number of nitrogens with zero attached hydrogens (tertiary/aromatic N) is 4. The number of hydrogen-bond donors (Lipinski definition) is 1. The minimum Gasteiger partial charge on any atom is -0.339 e. The van der Waals surface area contributed by atoms with Gasteiger partial charge in [-0.2, -0.15) is 4.98 Å². The molecule has 7 heteroatoms. The zero-order valence-electron chi connectivity index (χ0n) is 16.4. The summed E-state index contributed by atoms with van der Waals surface area (Å²) in [5.74, 6) is 1.27. The number of hydrogen-bond acceptors (Lipinski definition) is 6. The minimum atomic E-state index is -0.382. The Kier molecular flexibility index (Phi) is 6.23. The molecule has 3 rings (SSSR count). The van der Waals surface area contributed by atoms with E-state index < -0.39 is 0 Å². The highest BCUT2D eigenvalue weighted by molar-refractivity contribution is 5.81. The van der Waals surface area contributed by atoms with Crippen molar-refractivity contribution in [1.29, 1.82) is 0 Å². The van der Waals surface area contributed by atoms with E-state index in [0.717, 1.165) is 31.5 Å². The number of benzene rings is 1. The highest BCUT2D eigenvalue weighted by atomic mass is 16.5. The van der Waals surface area contributed by atoms with Crippen LogP contribution in [0.25, 0.3) is 11.4 Å². The molecule has 1 aromatic heterocycles. The first-order chi connectivity index (χ1) is 13.0. The van der Waals surface area contributed by atoms with Gasteiger partial charge in [0.05, 0.1) is 12.1 Å². The summed E-state index contributed by atoms with van der Waals surface area (Å²) in [5, 5.41) is 4.13. The molecule has 7 nitrogen and oxygen atoms in total. The lowest BCUT2D eigenvalue weighted by molar-refractivity contribution is -0.134. The molecule has 27 heavy (non-hydrogen) atoms. The molecule has 2 heterocycles. The summed E-state index contributed by atoms with van der Waals surface area (Å²) in [6.45, 7) is 9.06. The molecule has 1 saturated heterocycles. The van der Waals surface area contributed by atoms with Gasteiger partial charge in [-0.05, 0) is 20.3 Å². The number of aromatic nitrogens is 2. The number of piperazine rings is 1. The van der Waals surface area contributed by atoms with Crippen molar-refractivity contribution in [3.63, 3.8) is 0 Å². The van der Waals surface area contributed by atoms with Crippen LogP contribution >= 0.6 is 0 Å². The van der Waals surface area contributed by atoms with Gasteiger partial charge in [0.25, 0.3) is 0 Å². The van der Waals surface area contributed by atoms with Crippen molar-refractivity contribution >= 4 is 5.91 Å². The molecule has 146 valence electrons. The zero-order valence-corrected chi connectivity index (χ0v) is 16.4. The molecule has 2 N–H and O–H groups in total. The van der Waals surface area contributed by atoms with Crippen LogP contribution in [-0.4, -0.2) is 58.1 Å². The summed E-state index contributed by atoms with van der Waals surface area (Å²) < 4.78 is 5.51. The maximum atomic E-state index is 12.4. The SMILES string of the molecule is CCCC(N)C(=O)N1CCN(C(C)c2nc(-c3ccc(C)cc3)no2)CC1. The first kappa shape index (κ1) is 19.5. The molecule has 0 bridgehead atoms. The Balaban J connectivity index is 1.59. The highest BCUT2D eigenvalue weighted by Crippen LogP contribution is 2.24. The van der Waals surface area contributed by atoms with Gasteiger partial charge < -0.3 is 15.2 Å². The Morgan fingerprint density at radius 2 is 1.89 bits per heavy atom. The van der Waals surface area contributed by atoms with Crippen LogP contribution in [0.15, 0.2) is 28.8 Å². The van der Waals surface area contributed by atoms with Crippen molar-refractivity contribution < 1.29 is 9.32 Å². The van der Waals surface area contributed by atoms with E-state index in [1.165, 1.54) is 5.56 Å². The van der Waals surface area contributed by atoms with E-state index in [1.54, 1.807) is 0 Å². The second-order valence-corrected chi connectivity index (χ2v) is 7.25. The first-order valence-electron chi connectivity index (χ1n) is 9.68. The summed E-state index contributed by atoms with van der Waals surface area (Å²) in [7, 11) is 0. The van der Waals surface area contributed by atoms with Crippen LogP contribution in [0.5, 0.6) is 0 Å². The van der Waals surface area contributed by atoms with Crippen LogP contribution in [0.1, 0.15) is 44.2 Å². The fourth-order valence-electron chi connectivity index (χ4n) is 3.38. The topological polar surface area (TPSA) is 88.5 Å². The lowest BCUT2D eigenvalue weighted by atomic mass is 10.1. The summed E-state index contributed by atoms with van der Waals surface area (Å²) in [6, 6.07) is 7.70. The van der Waals surface area contributed by atoms with Crippen LogP contribution in [-0.2, 0) is 4.79 Å². The number of carbonyl (C=O) groups excluding carboxylic acids is 1. The van der Waals surface area contributed by atoms with E-state index in [-0.39, 0.29) is 18.0 Å². The van der Waals surface area contributed by atoms with Crippen LogP contribution < -0.4 is 5.73 Å². The average molecular weight is 371 g/mol. The molecule has 0 radical (unpaired) electrons. The third-order valence-electron chi connectivity index (χ3n) is 5.20. The normalized spacial score (nSPS) is 17.7. The Bertz CT molecular complexity index is 750. The van der Waals surface area contributed by atoms with E-state index in [0.29, 0.717) is 24.8 Å². The predicted molar refractivity (Wildman–Crippen MR) is 104 cm³/mol. The molecule has 0 spiro atoms. The maximum absolute atomic E-state index is 12.4. The number of carbonyl (C=O) groups is 1. The molecule has 2 atom stereocenters. The molecular weight excluding hydrogens is 342 g/mol. The van der Waals surface area contributed by atoms with Crippen molar-refractivity contribution in [3.05, 3.63) is 35.7 Å². The second-order valence-electron chi connectivity index (χ2n) is 7.25. The highest BCUT2D eigenvalue weighted by Gasteiger charge is 2.29. The fraction of sp³-hybridized carbons (Fsp3) is 0.550. The molecule has 2 aromatic rings. The Morgan fingerprint density at radius 3 is 2.52 bits per heavy atom. The van der Waals surface area contributed by atoms with E-state index in [1.807, 2.05) is 43.0 Å². The summed E-state index contributed by atoms with van der Waals surface area (Å²) in [5.41, 5.74) is 8.12. The molecule has 1 aliphatic heterocycles. The number of amides is 1. The van der Waals surface area contributed by atoms with Gasteiger partial charge in [0, 0.05) is 31.7 Å². The quantitative estimate of drug-likeness (QED) is 0.839. The Labute approximate surface area is 160 Å². The summed E-state index contributed by atoms with van der Waals surface area (Å²) in [6.07, 6.45) is 1.66. The predicted octanol–water partition coefficient (Wildman–Crippen LogP) is 2.38. The summed E-state index contributed by atoms with van der Waals surface area (Å²) in [4.78, 5) is 21.1. The van der Waals surface area contributed by atoms with Gasteiger partial charge in [-0.3, -0.25) is 9.69 Å². The van der Waals surface area contributed by atoms with Crippen molar-refractivity contribution in [2.45, 2.75) is 45.7 Å². The summed E-state index contributed by atoms with van der Waals surface area (Å²) >= 11 is 0. The molecule has 0 saturated carbocycles. The molecule has 1 aliphatic rings. The smallest absolute Gasteiger partial charge is 0.244 e. The van der Waals surface area contributed by atoms with Gasteiger partial charge in [-0.1, -0.05) is 48.3 Å². The van der Waals surface area contributed by atoms with Gasteiger partial charge in [-0.25, -0.2) is 0 Å². The Morgan fingerprint density at radius 1 is 1.22 bits per heavy atom. The monoisotopic (exact) mass is 371 g/mol. The minimum absolute atomic E-state index is 0.0123. The van der Waals surface area contributed by atoms with E-state index >= 15 is 0 Å². The van der Waals surface area contributed by atoms with E-state index in [2.05, 4.69) is 22.0 Å². The third-order valence-corrected chi connectivity index (χ3v) is 5.20. The molecule has 0 aliphatic carbocycles. The maximum Gasteiger partial charge on any atom is 0.244 e. The van der Waals surface area contributed by atoms with Gasteiger partial charge in [0.1, 0.15) is 0 Å². The van der Waals surface area contributed by atoms with Crippen molar-refractivity contribution in [2.75, 3.05) is 26.2 Å². The van der Waals surface area contributed by atoms with E-state index in [9.17, 15) is 4.79 Å². The molecule has 1 fully saturated rings. The average Bonchev–Trinajstić information content (AvgIpc) is 3.18. The molecule has 1 amide bonds. The lowest BCUT2D eigenvalue weighted by Crippen LogP contribution is -2.53. The van der Waals surface area contributed by atoms with Gasteiger partial charge >= 0.3 is 0 Å². The molecule has 2 unspecified atom stereocenters. The zero-order chi connectivity index (χ0) is 19.4. The lowest BCUT2D eigenvalue weighted by Gasteiger charge is -2.37. The first-order valence-corrected chi connectivity index (χ1v) is 9.68. The van der Waals surface area contributed by atoms with Crippen LogP contribution in [0, 0.1) is 6.92 Å². The Hall–Kier alpha value is -2.25. The number of rotatable bonds is 6. The standard InChI is InChI=1S/C20H29N5O2/c1-4-5-17(21)20(26)25-12-10-24(11-13-25)15(3)19-22-18(23-27-19)16-8-6-14(2)7-9-16/h6-9,15,17H,4-5,10-13,21H2,1-3H3. The third kappa shape index (κ3) is 4.54. The second kappa shape index (κ2) is 8.63. The largest absolute Gasteiger partial charge is 0.339 e. The fourth-order valence-corrected chi connectivity index (χ4v) is 3.38. The molecular formula is C20H29N5O2. The van der Waals surface area contributed by atoms with Crippen molar-refractivity contribution in [3.8, 4) is 11.4 Å². The van der Waals surface area contributed by atoms with Gasteiger partial charge in [0.15, 0.2) is 0 Å². The number of nitrogens with two attached hydrogens (primary N) is 1. The van der Waals surface area contributed by atoms with Crippen molar-refractivity contribution in [1.82, 2.24) is 19.9 Å². The van der Waals surface area contributed by atoms with E-state index in [4.69, 9.17) is 10.3 Å². The molecule has 1 aromatic carbocycles. The van der Waals surface area contributed by atoms with Crippen LogP contribution in [0.3, 0.4) is 0 Å². The van der Waals surface area contributed by atoms with Crippen LogP contribution in [0.4, 0.5) is 0 Å². The van der Waals surface area contributed by atoms with Gasteiger partial charge in [0.2, 0.25) is 17.6 Å². The van der Waals surface area contributed by atoms with Crippen LogP contribution in [0.2, 0.25) is 0 Å². The van der Waals surface area contributed by atoms with Gasteiger partial charge in [-0.15, -0.1) is 0 Å².